The maximum atomic E-state index is 2.48. The molecule has 0 radical (unpaired) electrons. The molecule has 0 saturated carbocycles. The number of benzene rings is 2. The molecule has 33 heavy (non-hydrogen) atoms. The van der Waals surface area contributed by atoms with Crippen molar-refractivity contribution >= 4 is 16.8 Å². The number of allylic oxidation sites excluding steroid dienone is 1. The SMILES string of the molecule is CC(C)c1ccc(C(C)C)c2c1C=CC2CC[c-]1ccc2c(C(C)C)ccc(C(C)C)c21.[Hf]. The Bertz CT molecular complexity index is 1140. The van der Waals surface area contributed by atoms with Gasteiger partial charge in [0.2, 0.25) is 0 Å². The third kappa shape index (κ3) is 4.90. The summed E-state index contributed by atoms with van der Waals surface area (Å²) in [4.78, 5) is 0. The molecule has 0 bridgehead atoms. The van der Waals surface area contributed by atoms with Gasteiger partial charge >= 0.3 is 0 Å². The molecule has 0 fully saturated rings. The summed E-state index contributed by atoms with van der Waals surface area (Å²) < 4.78 is 0. The quantitative estimate of drug-likeness (QED) is 0.186. The molecule has 0 aliphatic heterocycles. The fourth-order valence-corrected chi connectivity index (χ4v) is 5.79. The summed E-state index contributed by atoms with van der Waals surface area (Å²) in [6.07, 6.45) is 7.23. The summed E-state index contributed by atoms with van der Waals surface area (Å²) in [6.45, 7) is 18.6. The third-order valence-corrected chi connectivity index (χ3v) is 7.52. The zero-order chi connectivity index (χ0) is 23.2. The van der Waals surface area contributed by atoms with Gasteiger partial charge in [0.1, 0.15) is 0 Å². The zero-order valence-electron chi connectivity index (χ0n) is 21.9. The van der Waals surface area contributed by atoms with Crippen LogP contribution in [0.2, 0.25) is 0 Å². The van der Waals surface area contributed by atoms with Gasteiger partial charge in [-0.05, 0) is 46.4 Å². The van der Waals surface area contributed by atoms with E-state index in [-0.39, 0.29) is 25.8 Å². The summed E-state index contributed by atoms with van der Waals surface area (Å²) in [5.41, 5.74) is 10.7. The van der Waals surface area contributed by atoms with E-state index in [1.54, 1.807) is 11.1 Å². The number of aryl methyl sites for hydroxylation is 1. The van der Waals surface area contributed by atoms with Gasteiger partial charge in [-0.15, -0.1) is 34.0 Å². The minimum absolute atomic E-state index is 0. The average Bonchev–Trinajstić information content (AvgIpc) is 3.34. The molecule has 0 aromatic heterocycles. The largest absolute Gasteiger partial charge is 0.168 e. The molecule has 3 aromatic carbocycles. The Labute approximate surface area is 221 Å². The number of rotatable bonds is 7. The number of hydrogen-bond donors (Lipinski definition) is 0. The van der Waals surface area contributed by atoms with Crippen LogP contribution >= 0.6 is 0 Å². The average molecular weight is 604 g/mol. The Morgan fingerprint density at radius 2 is 1.24 bits per heavy atom. The normalized spacial score (nSPS) is 15.3. The van der Waals surface area contributed by atoms with E-state index < -0.39 is 0 Å². The van der Waals surface area contributed by atoms with Crippen LogP contribution in [-0.4, -0.2) is 0 Å². The van der Waals surface area contributed by atoms with Gasteiger partial charge in [0.25, 0.3) is 0 Å². The summed E-state index contributed by atoms with van der Waals surface area (Å²) in [5.74, 6) is 2.76. The number of fused-ring (bicyclic) bond motifs is 2. The first-order valence-corrected chi connectivity index (χ1v) is 12.8. The molecule has 174 valence electrons. The Hall–Kier alpha value is -1.34. The molecule has 0 nitrogen and oxygen atoms in total. The van der Waals surface area contributed by atoms with Gasteiger partial charge < -0.3 is 0 Å². The predicted molar refractivity (Wildman–Crippen MR) is 142 cm³/mol. The van der Waals surface area contributed by atoms with Gasteiger partial charge in [-0.1, -0.05) is 104 Å². The van der Waals surface area contributed by atoms with E-state index in [1.165, 1.54) is 45.0 Å². The minimum Gasteiger partial charge on any atom is -0.168 e. The van der Waals surface area contributed by atoms with Crippen molar-refractivity contribution in [3.8, 4) is 0 Å². The molecule has 0 spiro atoms. The molecule has 3 aromatic rings. The molecule has 1 unspecified atom stereocenters. The van der Waals surface area contributed by atoms with Crippen LogP contribution in [0.4, 0.5) is 0 Å². The molecule has 4 rings (SSSR count). The predicted octanol–water partition coefficient (Wildman–Crippen LogP) is 9.79. The van der Waals surface area contributed by atoms with E-state index in [0.29, 0.717) is 29.6 Å². The van der Waals surface area contributed by atoms with E-state index >= 15 is 0 Å². The first-order chi connectivity index (χ1) is 15.2. The van der Waals surface area contributed by atoms with Gasteiger partial charge in [-0.3, -0.25) is 0 Å². The zero-order valence-corrected chi connectivity index (χ0v) is 25.5. The Balaban J connectivity index is 0.00000306. The summed E-state index contributed by atoms with van der Waals surface area (Å²) >= 11 is 0. The van der Waals surface area contributed by atoms with Gasteiger partial charge in [-0.25, -0.2) is 0 Å². The first kappa shape index (κ1) is 26.3. The molecule has 0 N–H and O–H groups in total. The molecular formula is C32H41Hf-. The second kappa shape index (κ2) is 10.5. The van der Waals surface area contributed by atoms with Crippen molar-refractivity contribution in [2.24, 2.45) is 0 Å². The van der Waals surface area contributed by atoms with Crippen LogP contribution < -0.4 is 0 Å². The molecule has 1 atom stereocenters. The fraction of sp³-hybridized carbons (Fsp3) is 0.469. The van der Waals surface area contributed by atoms with Crippen LogP contribution in [-0.2, 0) is 32.3 Å². The minimum atomic E-state index is 0. The first-order valence-electron chi connectivity index (χ1n) is 12.8. The monoisotopic (exact) mass is 605 g/mol. The van der Waals surface area contributed by atoms with Crippen molar-refractivity contribution in [1.29, 1.82) is 0 Å². The van der Waals surface area contributed by atoms with Crippen LogP contribution in [0.25, 0.3) is 16.8 Å². The van der Waals surface area contributed by atoms with Crippen molar-refractivity contribution in [1.82, 2.24) is 0 Å². The maximum Gasteiger partial charge on any atom is 0.00259 e. The van der Waals surface area contributed by atoms with Gasteiger partial charge in [0.15, 0.2) is 0 Å². The molecular weight excluding hydrogens is 563 g/mol. The number of hydrogen-bond acceptors (Lipinski definition) is 0. The van der Waals surface area contributed by atoms with Crippen LogP contribution in [0.1, 0.15) is 130 Å². The standard InChI is InChI=1S/C32H41.Hf/c1-19(2)25-15-17-27(21(5)6)31-23(11-13-29(25)31)9-10-24-12-14-30-26(20(3)4)16-18-28(22(7)8)32(24)30;/h11-23H,9-10H2,1-8H3;/q-1;. The van der Waals surface area contributed by atoms with E-state index in [4.69, 9.17) is 0 Å². The second-order valence-electron chi connectivity index (χ2n) is 11.1. The Kier molecular flexibility index (Phi) is 8.37. The molecule has 0 amide bonds. The van der Waals surface area contributed by atoms with Crippen LogP contribution in [0.3, 0.4) is 0 Å². The second-order valence-corrected chi connectivity index (χ2v) is 11.1. The molecule has 1 aliphatic rings. The third-order valence-electron chi connectivity index (χ3n) is 7.52. The van der Waals surface area contributed by atoms with Crippen molar-refractivity contribution < 1.29 is 25.8 Å². The van der Waals surface area contributed by atoms with Crippen molar-refractivity contribution in [3.63, 3.8) is 0 Å². The van der Waals surface area contributed by atoms with E-state index in [9.17, 15) is 0 Å². The van der Waals surface area contributed by atoms with Gasteiger partial charge in [-0.2, -0.15) is 6.07 Å². The smallest absolute Gasteiger partial charge is 0.00259 e. The maximum absolute atomic E-state index is 2.48. The Morgan fingerprint density at radius 1 is 0.697 bits per heavy atom. The van der Waals surface area contributed by atoms with Crippen LogP contribution in [0.15, 0.2) is 42.5 Å². The fourth-order valence-electron chi connectivity index (χ4n) is 5.79. The molecule has 0 saturated heterocycles. The van der Waals surface area contributed by atoms with Crippen LogP contribution in [0.5, 0.6) is 0 Å². The van der Waals surface area contributed by atoms with Gasteiger partial charge in [0, 0.05) is 31.8 Å². The van der Waals surface area contributed by atoms with Crippen molar-refractivity contribution in [2.75, 3.05) is 0 Å². The Morgan fingerprint density at radius 3 is 1.85 bits per heavy atom. The molecule has 1 aliphatic carbocycles. The van der Waals surface area contributed by atoms with Crippen molar-refractivity contribution in [3.05, 3.63) is 81.4 Å². The molecule has 0 heterocycles. The van der Waals surface area contributed by atoms with Crippen LogP contribution in [0, 0.1) is 0 Å². The topological polar surface area (TPSA) is 0 Å². The summed E-state index contributed by atoms with van der Waals surface area (Å²) in [5, 5.41) is 3.02. The molecule has 1 heteroatoms. The summed E-state index contributed by atoms with van der Waals surface area (Å²) in [7, 11) is 0. The van der Waals surface area contributed by atoms with Crippen molar-refractivity contribution in [2.45, 2.75) is 97.8 Å². The van der Waals surface area contributed by atoms with E-state index in [0.717, 1.165) is 6.42 Å². The van der Waals surface area contributed by atoms with E-state index in [2.05, 4.69) is 104 Å². The van der Waals surface area contributed by atoms with Gasteiger partial charge in [0.05, 0.1) is 0 Å². The summed E-state index contributed by atoms with van der Waals surface area (Å²) in [6, 6.07) is 14.3. The van der Waals surface area contributed by atoms with E-state index in [1.807, 2.05) is 0 Å².